The van der Waals surface area contributed by atoms with E-state index in [2.05, 4.69) is 0 Å². The summed E-state index contributed by atoms with van der Waals surface area (Å²) in [5.41, 5.74) is 0. The topological polar surface area (TPSA) is 18.5 Å². The van der Waals surface area contributed by atoms with Gasteiger partial charge in [-0.15, -0.1) is 0 Å². The van der Waals surface area contributed by atoms with Crippen LogP contribution in [-0.2, 0) is 9.05 Å². The zero-order valence-electron chi connectivity index (χ0n) is 11.0. The average Bonchev–Trinajstić information content (AvgIpc) is 2.83. The molecule has 2 aliphatic carbocycles. The second-order valence-corrected chi connectivity index (χ2v) is 7.82. The molecule has 3 rings (SSSR count). The first kappa shape index (κ1) is 13.6. The summed E-state index contributed by atoms with van der Waals surface area (Å²) in [6.45, 7) is 0. The minimum absolute atomic E-state index is 0.303. The fourth-order valence-corrected chi connectivity index (χ4v) is 5.54. The van der Waals surface area contributed by atoms with Crippen LogP contribution in [0.2, 0.25) is 0 Å². The lowest BCUT2D eigenvalue weighted by molar-refractivity contribution is 0.0324. The van der Waals surface area contributed by atoms with Crippen LogP contribution in [0.25, 0.3) is 0 Å². The Morgan fingerprint density at radius 3 is 1.44 bits per heavy atom. The van der Waals surface area contributed by atoms with Crippen molar-refractivity contribution in [3.63, 3.8) is 0 Å². The maximum absolute atomic E-state index is 6.16. The summed E-state index contributed by atoms with van der Waals surface area (Å²) in [5, 5.41) is 0. The van der Waals surface area contributed by atoms with Crippen molar-refractivity contribution in [3.05, 3.63) is 0 Å². The molecule has 1 aliphatic heterocycles. The van der Waals surface area contributed by atoms with Gasteiger partial charge < -0.3 is 9.05 Å². The van der Waals surface area contributed by atoms with Gasteiger partial charge in [0.2, 0.25) is 0 Å². The van der Waals surface area contributed by atoms with Gasteiger partial charge in [0.15, 0.2) is 0 Å². The minimum Gasteiger partial charge on any atom is -0.316 e. The van der Waals surface area contributed by atoms with Gasteiger partial charge in [-0.25, -0.2) is 0 Å². The molecular formula is C14H24ClO2P. The molecule has 0 aromatic carbocycles. The van der Waals surface area contributed by atoms with Gasteiger partial charge in [-0.2, -0.15) is 0 Å². The SMILES string of the molecule is ClP1OC(C2CCCCC2)C(C2CCCCC2)O1. The van der Waals surface area contributed by atoms with Gasteiger partial charge in [-0.1, -0.05) is 38.5 Å². The van der Waals surface area contributed by atoms with E-state index in [1.807, 2.05) is 0 Å². The molecular weight excluding hydrogens is 267 g/mol. The molecule has 2 saturated carbocycles. The van der Waals surface area contributed by atoms with Crippen molar-refractivity contribution in [2.24, 2.45) is 11.8 Å². The molecule has 1 saturated heterocycles. The van der Waals surface area contributed by atoms with Crippen LogP contribution in [0.15, 0.2) is 0 Å². The predicted molar refractivity (Wildman–Crippen MR) is 75.7 cm³/mol. The second-order valence-electron chi connectivity index (χ2n) is 6.15. The summed E-state index contributed by atoms with van der Waals surface area (Å²) in [4.78, 5) is 0. The summed E-state index contributed by atoms with van der Waals surface area (Å²) in [7, 11) is -1.12. The Hall–Kier alpha value is 0.640. The van der Waals surface area contributed by atoms with Crippen LogP contribution < -0.4 is 0 Å². The van der Waals surface area contributed by atoms with Crippen LogP contribution in [0.3, 0.4) is 0 Å². The summed E-state index contributed by atoms with van der Waals surface area (Å²) in [6, 6.07) is 0. The van der Waals surface area contributed by atoms with Gasteiger partial charge in [-0.3, -0.25) is 0 Å². The maximum Gasteiger partial charge on any atom is 0.277 e. The van der Waals surface area contributed by atoms with Crippen molar-refractivity contribution in [1.82, 2.24) is 0 Å². The molecule has 0 radical (unpaired) electrons. The quantitative estimate of drug-likeness (QED) is 0.634. The molecule has 0 spiro atoms. The number of rotatable bonds is 2. The zero-order valence-corrected chi connectivity index (χ0v) is 12.7. The van der Waals surface area contributed by atoms with Crippen LogP contribution in [0.1, 0.15) is 64.2 Å². The van der Waals surface area contributed by atoms with Gasteiger partial charge in [0.1, 0.15) is 0 Å². The van der Waals surface area contributed by atoms with E-state index in [9.17, 15) is 0 Å². The standard InChI is InChI=1S/C14H24ClO2P/c15-18-16-13(11-7-3-1-4-8-11)14(17-18)12-9-5-2-6-10-12/h11-14H,1-10H2. The molecule has 3 aliphatic rings. The first-order chi connectivity index (χ1) is 8.84. The maximum atomic E-state index is 6.16. The van der Waals surface area contributed by atoms with Gasteiger partial charge >= 0.3 is 0 Å². The fourth-order valence-electron chi connectivity index (χ4n) is 3.97. The average molecular weight is 291 g/mol. The summed E-state index contributed by atoms with van der Waals surface area (Å²) < 4.78 is 11.9. The van der Waals surface area contributed by atoms with Crippen LogP contribution in [0, 0.1) is 11.8 Å². The minimum atomic E-state index is -1.12. The Kier molecular flexibility index (Phi) is 4.84. The number of hydrogen-bond donors (Lipinski definition) is 0. The lowest BCUT2D eigenvalue weighted by atomic mass is 9.77. The molecule has 4 heteroatoms. The molecule has 3 fully saturated rings. The highest BCUT2D eigenvalue weighted by Gasteiger charge is 2.45. The van der Waals surface area contributed by atoms with Gasteiger partial charge in [0.05, 0.1) is 12.2 Å². The normalized spacial score (nSPS) is 40.2. The first-order valence-electron chi connectivity index (χ1n) is 7.64. The van der Waals surface area contributed by atoms with Crippen molar-refractivity contribution in [2.75, 3.05) is 0 Å². The van der Waals surface area contributed by atoms with Crippen LogP contribution in [0.5, 0.6) is 0 Å². The second kappa shape index (κ2) is 6.39. The molecule has 0 amide bonds. The van der Waals surface area contributed by atoms with E-state index in [-0.39, 0.29) is 0 Å². The van der Waals surface area contributed by atoms with E-state index >= 15 is 0 Å². The third kappa shape index (κ3) is 3.03. The van der Waals surface area contributed by atoms with E-state index in [1.54, 1.807) is 0 Å². The van der Waals surface area contributed by atoms with E-state index in [0.29, 0.717) is 24.0 Å². The van der Waals surface area contributed by atoms with Crippen molar-refractivity contribution in [1.29, 1.82) is 0 Å². The predicted octanol–water partition coefficient (Wildman–Crippen LogP) is 5.40. The van der Waals surface area contributed by atoms with E-state index in [0.717, 1.165) is 0 Å². The Bertz CT molecular complexity index is 239. The number of hydrogen-bond acceptors (Lipinski definition) is 2. The largest absolute Gasteiger partial charge is 0.316 e. The van der Waals surface area contributed by atoms with Crippen LogP contribution >= 0.6 is 19.0 Å². The van der Waals surface area contributed by atoms with Crippen molar-refractivity contribution in [3.8, 4) is 0 Å². The Labute approximate surface area is 116 Å². The molecule has 1 heterocycles. The molecule has 104 valence electrons. The summed E-state index contributed by atoms with van der Waals surface area (Å²) >= 11 is 6.16. The summed E-state index contributed by atoms with van der Waals surface area (Å²) in [6.07, 6.45) is 14.1. The van der Waals surface area contributed by atoms with E-state index in [4.69, 9.17) is 20.3 Å². The van der Waals surface area contributed by atoms with Crippen LogP contribution in [-0.4, -0.2) is 12.2 Å². The van der Waals surface area contributed by atoms with Crippen LogP contribution in [0.4, 0.5) is 0 Å². The molecule has 2 unspecified atom stereocenters. The third-order valence-electron chi connectivity index (χ3n) is 4.96. The third-order valence-corrected chi connectivity index (χ3v) is 6.26. The van der Waals surface area contributed by atoms with E-state index in [1.165, 1.54) is 64.2 Å². The smallest absolute Gasteiger partial charge is 0.277 e. The molecule has 2 nitrogen and oxygen atoms in total. The zero-order chi connectivity index (χ0) is 12.4. The molecule has 0 N–H and O–H groups in total. The summed E-state index contributed by atoms with van der Waals surface area (Å²) in [5.74, 6) is 1.41. The molecule has 18 heavy (non-hydrogen) atoms. The van der Waals surface area contributed by atoms with Crippen molar-refractivity contribution < 1.29 is 9.05 Å². The Morgan fingerprint density at radius 2 is 1.06 bits per heavy atom. The molecule has 2 atom stereocenters. The highest BCUT2D eigenvalue weighted by atomic mass is 35.7. The molecule has 0 bridgehead atoms. The number of halogens is 1. The highest BCUT2D eigenvalue weighted by Crippen LogP contribution is 2.57. The lowest BCUT2D eigenvalue weighted by Crippen LogP contribution is -2.38. The van der Waals surface area contributed by atoms with E-state index < -0.39 is 7.73 Å². The lowest BCUT2D eigenvalue weighted by Gasteiger charge is -2.34. The van der Waals surface area contributed by atoms with Gasteiger partial charge in [0, 0.05) is 0 Å². The highest BCUT2D eigenvalue weighted by molar-refractivity contribution is 7.76. The Balaban J connectivity index is 1.65. The Morgan fingerprint density at radius 1 is 0.667 bits per heavy atom. The van der Waals surface area contributed by atoms with Crippen molar-refractivity contribution in [2.45, 2.75) is 76.4 Å². The molecule has 0 aromatic rings. The molecule has 0 aromatic heterocycles. The van der Waals surface area contributed by atoms with Gasteiger partial charge in [-0.05, 0) is 48.8 Å². The van der Waals surface area contributed by atoms with Gasteiger partial charge in [0.25, 0.3) is 7.73 Å². The fraction of sp³-hybridized carbons (Fsp3) is 1.00. The first-order valence-corrected chi connectivity index (χ1v) is 9.72. The van der Waals surface area contributed by atoms with Crippen molar-refractivity contribution >= 4 is 19.0 Å². The monoisotopic (exact) mass is 290 g/mol.